The van der Waals surface area contributed by atoms with Crippen molar-refractivity contribution in [1.82, 2.24) is 24.8 Å². The molecule has 4 aromatic rings. The summed E-state index contributed by atoms with van der Waals surface area (Å²) in [5, 5.41) is 27.0. The van der Waals surface area contributed by atoms with E-state index in [-0.39, 0.29) is 0 Å². The molecule has 39 heavy (non-hydrogen) atoms. The number of aliphatic hydroxyl groups excluding tert-OH is 2. The Morgan fingerprint density at radius 1 is 1.05 bits per heavy atom. The van der Waals surface area contributed by atoms with Gasteiger partial charge in [0, 0.05) is 26.3 Å². The van der Waals surface area contributed by atoms with Gasteiger partial charge in [-0.05, 0) is 29.8 Å². The Bertz CT molecular complexity index is 1410. The zero-order valence-electron chi connectivity index (χ0n) is 21.5. The lowest BCUT2D eigenvalue weighted by molar-refractivity contribution is -0.137. The number of benzene rings is 2. The summed E-state index contributed by atoms with van der Waals surface area (Å²) in [6.07, 6.45) is -3.68. The fourth-order valence-electron chi connectivity index (χ4n) is 4.33. The van der Waals surface area contributed by atoms with Crippen LogP contribution < -0.4 is 15.4 Å². The highest BCUT2D eigenvalue weighted by Gasteiger charge is 2.47. The SMILES string of the molecule is CNC(=O)C1OC(n2cnc3c(NCc4ccccc4)nc(-c4ccc(OCCOC)cc4)nc32)C(O)C1O. The van der Waals surface area contributed by atoms with E-state index in [0.717, 1.165) is 11.1 Å². The quantitative estimate of drug-likeness (QED) is 0.220. The van der Waals surface area contributed by atoms with Gasteiger partial charge in [0.2, 0.25) is 0 Å². The van der Waals surface area contributed by atoms with Gasteiger partial charge in [-0.3, -0.25) is 9.36 Å². The number of hydrogen-bond acceptors (Lipinski definition) is 10. The molecule has 1 aliphatic heterocycles. The highest BCUT2D eigenvalue weighted by molar-refractivity contribution is 5.85. The zero-order valence-corrected chi connectivity index (χ0v) is 21.5. The molecule has 0 aliphatic carbocycles. The van der Waals surface area contributed by atoms with E-state index in [0.29, 0.717) is 48.3 Å². The standard InChI is InChI=1S/C27H30N6O6/c1-28-26(36)22-20(34)21(35)27(39-22)33-15-30-19-24(29-14-16-6-4-3-5-7-16)31-23(32-25(19)33)17-8-10-18(11-9-17)38-13-12-37-2/h3-11,15,20-22,27,34-35H,12-14H2,1-2H3,(H,28,36)(H,29,31,32). The Morgan fingerprint density at radius 3 is 2.54 bits per heavy atom. The van der Waals surface area contributed by atoms with Gasteiger partial charge in [0.25, 0.3) is 5.91 Å². The number of aliphatic hydroxyl groups is 2. The van der Waals surface area contributed by atoms with Crippen LogP contribution in [-0.2, 0) is 20.8 Å². The largest absolute Gasteiger partial charge is 0.491 e. The molecule has 0 spiro atoms. The van der Waals surface area contributed by atoms with Gasteiger partial charge in [-0.1, -0.05) is 30.3 Å². The van der Waals surface area contributed by atoms with Crippen molar-refractivity contribution in [3.63, 3.8) is 0 Å². The summed E-state index contributed by atoms with van der Waals surface area (Å²) < 4.78 is 18.0. The van der Waals surface area contributed by atoms with Crippen molar-refractivity contribution in [2.75, 3.05) is 32.7 Å². The fourth-order valence-corrected chi connectivity index (χ4v) is 4.33. The maximum Gasteiger partial charge on any atom is 0.251 e. The molecule has 1 fully saturated rings. The number of amides is 1. The topological polar surface area (TPSA) is 153 Å². The highest BCUT2D eigenvalue weighted by Crippen LogP contribution is 2.34. The summed E-state index contributed by atoms with van der Waals surface area (Å²) in [4.78, 5) is 26.2. The van der Waals surface area contributed by atoms with Crippen LogP contribution in [0.4, 0.5) is 5.82 Å². The molecule has 1 aliphatic rings. The van der Waals surface area contributed by atoms with Crippen LogP contribution in [0.2, 0.25) is 0 Å². The number of ether oxygens (including phenoxy) is 3. The maximum atomic E-state index is 12.2. The lowest BCUT2D eigenvalue weighted by atomic mass is 10.1. The third kappa shape index (κ3) is 5.54. The summed E-state index contributed by atoms with van der Waals surface area (Å²) in [5.41, 5.74) is 2.59. The Morgan fingerprint density at radius 2 is 1.82 bits per heavy atom. The molecule has 4 unspecified atom stereocenters. The van der Waals surface area contributed by atoms with Crippen molar-refractivity contribution < 1.29 is 29.2 Å². The molecule has 4 atom stereocenters. The van der Waals surface area contributed by atoms with Gasteiger partial charge in [-0.2, -0.15) is 0 Å². The van der Waals surface area contributed by atoms with E-state index in [1.807, 2.05) is 54.6 Å². The average molecular weight is 535 g/mol. The molecule has 2 aromatic heterocycles. The molecule has 12 heteroatoms. The summed E-state index contributed by atoms with van der Waals surface area (Å²) in [5.74, 6) is 1.02. The van der Waals surface area contributed by atoms with Crippen molar-refractivity contribution in [3.05, 3.63) is 66.5 Å². The highest BCUT2D eigenvalue weighted by atomic mass is 16.6. The number of methoxy groups -OCH3 is 1. The van der Waals surface area contributed by atoms with Crippen molar-refractivity contribution >= 4 is 22.9 Å². The van der Waals surface area contributed by atoms with Crippen LogP contribution in [0.1, 0.15) is 11.8 Å². The van der Waals surface area contributed by atoms with Gasteiger partial charge in [0.05, 0.1) is 12.9 Å². The van der Waals surface area contributed by atoms with E-state index in [2.05, 4.69) is 15.6 Å². The number of rotatable bonds is 10. The van der Waals surface area contributed by atoms with Crippen LogP contribution in [0, 0.1) is 0 Å². The summed E-state index contributed by atoms with van der Waals surface area (Å²) in [7, 11) is 3.05. The summed E-state index contributed by atoms with van der Waals surface area (Å²) in [6.45, 7) is 1.40. The van der Waals surface area contributed by atoms with E-state index in [4.69, 9.17) is 24.2 Å². The third-order valence-corrected chi connectivity index (χ3v) is 6.41. The Kier molecular flexibility index (Phi) is 7.98. The Labute approximate surface area is 224 Å². The lowest BCUT2D eigenvalue weighted by Gasteiger charge is -2.17. The van der Waals surface area contributed by atoms with Gasteiger partial charge in [0.15, 0.2) is 35.1 Å². The molecule has 1 saturated heterocycles. The van der Waals surface area contributed by atoms with Crippen molar-refractivity contribution in [1.29, 1.82) is 0 Å². The summed E-state index contributed by atoms with van der Waals surface area (Å²) in [6, 6.07) is 17.2. The van der Waals surface area contributed by atoms with E-state index in [9.17, 15) is 15.0 Å². The molecule has 204 valence electrons. The molecule has 0 radical (unpaired) electrons. The molecule has 2 aromatic carbocycles. The minimum Gasteiger partial charge on any atom is -0.491 e. The zero-order chi connectivity index (χ0) is 27.4. The van der Waals surface area contributed by atoms with Gasteiger partial charge >= 0.3 is 0 Å². The monoisotopic (exact) mass is 534 g/mol. The predicted octanol–water partition coefficient (Wildman–Crippen LogP) is 1.50. The molecular formula is C27H30N6O6. The number of anilines is 1. The van der Waals surface area contributed by atoms with Crippen LogP contribution in [0.5, 0.6) is 5.75 Å². The summed E-state index contributed by atoms with van der Waals surface area (Å²) >= 11 is 0. The molecule has 0 bridgehead atoms. The Hall–Kier alpha value is -4.10. The molecular weight excluding hydrogens is 504 g/mol. The smallest absolute Gasteiger partial charge is 0.251 e. The number of aromatic nitrogens is 4. The molecule has 3 heterocycles. The van der Waals surface area contributed by atoms with Crippen LogP contribution in [0.3, 0.4) is 0 Å². The number of nitrogens with one attached hydrogen (secondary N) is 2. The van der Waals surface area contributed by atoms with E-state index >= 15 is 0 Å². The van der Waals surface area contributed by atoms with Gasteiger partial charge in [0.1, 0.15) is 24.6 Å². The minimum absolute atomic E-state index is 0.366. The molecule has 4 N–H and O–H groups in total. The molecule has 1 amide bonds. The molecule has 12 nitrogen and oxygen atoms in total. The second-order valence-corrected chi connectivity index (χ2v) is 8.97. The van der Waals surface area contributed by atoms with E-state index < -0.39 is 30.4 Å². The van der Waals surface area contributed by atoms with Crippen molar-refractivity contribution in [3.8, 4) is 17.1 Å². The van der Waals surface area contributed by atoms with E-state index in [1.165, 1.54) is 17.9 Å². The van der Waals surface area contributed by atoms with Crippen LogP contribution >= 0.6 is 0 Å². The van der Waals surface area contributed by atoms with Gasteiger partial charge < -0.3 is 35.1 Å². The number of carbonyl (C=O) groups excluding carboxylic acids is 1. The number of nitrogens with zero attached hydrogens (tertiary/aromatic N) is 4. The van der Waals surface area contributed by atoms with Crippen LogP contribution in [0.25, 0.3) is 22.6 Å². The normalized spacial score (nSPS) is 20.7. The van der Waals surface area contributed by atoms with Crippen molar-refractivity contribution in [2.24, 2.45) is 0 Å². The lowest BCUT2D eigenvalue weighted by Crippen LogP contribution is -2.41. The predicted molar refractivity (Wildman–Crippen MR) is 142 cm³/mol. The number of imidazole rings is 1. The second kappa shape index (κ2) is 11.7. The molecule has 0 saturated carbocycles. The average Bonchev–Trinajstić information content (AvgIpc) is 3.52. The molecule has 5 rings (SSSR count). The number of fused-ring (bicyclic) bond motifs is 1. The minimum atomic E-state index is -1.42. The number of likely N-dealkylation sites (N-methyl/N-ethyl adjacent to an activating group) is 1. The first kappa shape index (κ1) is 26.5. The number of carbonyl (C=O) groups is 1. The first-order valence-corrected chi connectivity index (χ1v) is 12.5. The van der Waals surface area contributed by atoms with E-state index in [1.54, 1.807) is 7.11 Å². The number of hydrogen-bond donors (Lipinski definition) is 4. The van der Waals surface area contributed by atoms with Gasteiger partial charge in [-0.25, -0.2) is 15.0 Å². The first-order chi connectivity index (χ1) is 19.0. The third-order valence-electron chi connectivity index (χ3n) is 6.41. The van der Waals surface area contributed by atoms with Crippen LogP contribution in [0.15, 0.2) is 60.9 Å². The first-order valence-electron chi connectivity index (χ1n) is 12.5. The van der Waals surface area contributed by atoms with Gasteiger partial charge in [-0.15, -0.1) is 0 Å². The van der Waals surface area contributed by atoms with Crippen molar-refractivity contribution in [2.45, 2.75) is 31.1 Å². The van der Waals surface area contributed by atoms with Crippen LogP contribution in [-0.4, -0.2) is 81.3 Å². The second-order valence-electron chi connectivity index (χ2n) is 8.97. The fraction of sp³-hybridized carbons (Fsp3) is 0.333. The Balaban J connectivity index is 1.52. The maximum absolute atomic E-state index is 12.2.